The van der Waals surface area contributed by atoms with E-state index in [9.17, 15) is 0 Å². The molecule has 0 radical (unpaired) electrons. The predicted molar refractivity (Wildman–Crippen MR) is 98.4 cm³/mol. The third-order valence-electron chi connectivity index (χ3n) is 0. The molecule has 0 aromatic rings. The maximum absolute atomic E-state index is 4.50. The smallest absolute Gasteiger partial charge is 0.00848 e. The SMILES string of the molecule is C.C.CBr.CN.CNC.CNC.CNC.CNC. The third-order valence-corrected chi connectivity index (χ3v) is 0. The fourth-order valence-electron chi connectivity index (χ4n) is 0. The molecule has 0 aliphatic rings. The van der Waals surface area contributed by atoms with Crippen molar-refractivity contribution in [3.05, 3.63) is 0 Å². The zero-order valence-corrected chi connectivity index (χ0v) is 14.5. The van der Waals surface area contributed by atoms with E-state index in [1.54, 1.807) is 0 Å². The summed E-state index contributed by atoms with van der Waals surface area (Å²) < 4.78 is 0. The molecule has 124 valence electrons. The van der Waals surface area contributed by atoms with Crippen molar-refractivity contribution >= 4 is 15.9 Å². The molecule has 6 heteroatoms. The van der Waals surface area contributed by atoms with E-state index in [1.807, 2.05) is 62.2 Å². The Bertz CT molecular complexity index is 28.4. The molecule has 0 heterocycles. The first kappa shape index (κ1) is 51.7. The van der Waals surface area contributed by atoms with Crippen LogP contribution in [0.4, 0.5) is 0 Å². The first-order valence-corrected chi connectivity index (χ1v) is 6.54. The lowest BCUT2D eigenvalue weighted by atomic mass is 11.3. The van der Waals surface area contributed by atoms with Crippen molar-refractivity contribution in [3.63, 3.8) is 0 Å². The summed E-state index contributed by atoms with van der Waals surface area (Å²) in [6.07, 6.45) is 0. The van der Waals surface area contributed by atoms with Crippen LogP contribution in [-0.2, 0) is 0 Å². The van der Waals surface area contributed by atoms with Crippen molar-refractivity contribution in [2.75, 3.05) is 69.3 Å². The van der Waals surface area contributed by atoms with Crippen LogP contribution in [0.5, 0.6) is 0 Å². The lowest BCUT2D eigenvalue weighted by Gasteiger charge is -1.59. The van der Waals surface area contributed by atoms with E-state index in [1.165, 1.54) is 7.05 Å². The zero-order chi connectivity index (χ0) is 14.8. The predicted octanol–water partition coefficient (Wildman–Crippen LogP) is 1.20. The molecule has 0 aromatic carbocycles. The van der Waals surface area contributed by atoms with E-state index in [-0.39, 0.29) is 14.9 Å². The van der Waals surface area contributed by atoms with Gasteiger partial charge in [0.25, 0.3) is 0 Å². The van der Waals surface area contributed by atoms with Gasteiger partial charge in [0.05, 0.1) is 0 Å². The summed E-state index contributed by atoms with van der Waals surface area (Å²) in [5, 5.41) is 11.0. The topological polar surface area (TPSA) is 74.1 Å². The van der Waals surface area contributed by atoms with Gasteiger partial charge in [-0.05, 0) is 69.3 Å². The lowest BCUT2D eigenvalue weighted by molar-refractivity contribution is 1.02. The van der Waals surface area contributed by atoms with Gasteiger partial charge in [0.2, 0.25) is 0 Å². The molecule has 0 aliphatic carbocycles. The molecule has 0 amide bonds. The van der Waals surface area contributed by atoms with Crippen molar-refractivity contribution in [2.45, 2.75) is 14.9 Å². The van der Waals surface area contributed by atoms with Gasteiger partial charge in [-0.25, -0.2) is 0 Å². The second-order valence-electron chi connectivity index (χ2n) is 2.00. The molecule has 0 bridgehead atoms. The van der Waals surface area contributed by atoms with Gasteiger partial charge in [-0.2, -0.15) is 0 Å². The minimum atomic E-state index is 0. The molecule has 18 heavy (non-hydrogen) atoms. The van der Waals surface area contributed by atoms with E-state index in [4.69, 9.17) is 0 Å². The number of hydrogen-bond acceptors (Lipinski definition) is 5. The Labute approximate surface area is 127 Å². The average molecular weight is 338 g/mol. The van der Waals surface area contributed by atoms with E-state index in [0.717, 1.165) is 0 Å². The highest BCUT2D eigenvalue weighted by Crippen LogP contribution is 1.45. The monoisotopic (exact) mass is 337 g/mol. The van der Waals surface area contributed by atoms with Crippen LogP contribution in [0, 0.1) is 0 Å². The Balaban J connectivity index is -0.0000000110. The molecule has 6 N–H and O–H groups in total. The molecular weight excluding hydrogens is 294 g/mol. The summed E-state index contributed by atoms with van der Waals surface area (Å²) in [5.74, 6) is 1.81. The van der Waals surface area contributed by atoms with E-state index in [2.05, 4.69) is 42.9 Å². The van der Waals surface area contributed by atoms with Gasteiger partial charge in [-0.15, -0.1) is 0 Å². The molecule has 5 nitrogen and oxygen atoms in total. The first-order valence-electron chi connectivity index (χ1n) is 4.96. The van der Waals surface area contributed by atoms with Crippen LogP contribution in [0.1, 0.15) is 14.9 Å². The fraction of sp³-hybridized carbons (Fsp3) is 1.00. The van der Waals surface area contributed by atoms with Crippen molar-refractivity contribution < 1.29 is 0 Å². The normalized spacial score (nSPS) is 4.67. The largest absolute Gasteiger partial charge is 0.333 e. The zero-order valence-electron chi connectivity index (χ0n) is 13.0. The molecule has 0 rings (SSSR count). The maximum Gasteiger partial charge on any atom is -0.00848 e. The minimum Gasteiger partial charge on any atom is -0.333 e. The molecule has 0 fully saturated rings. The quantitative estimate of drug-likeness (QED) is 0.429. The minimum absolute atomic E-state index is 0. The number of hydrogen-bond donors (Lipinski definition) is 5. The molecule has 0 unspecified atom stereocenters. The summed E-state index contributed by atoms with van der Waals surface area (Å²) in [6.45, 7) is 0. The van der Waals surface area contributed by atoms with Crippen LogP contribution in [0.15, 0.2) is 0 Å². The van der Waals surface area contributed by atoms with Crippen molar-refractivity contribution in [3.8, 4) is 0 Å². The molecule has 0 atom stereocenters. The number of nitrogens with two attached hydrogens (primary N) is 1. The van der Waals surface area contributed by atoms with E-state index in [0.29, 0.717) is 0 Å². The number of halogens is 1. The van der Waals surface area contributed by atoms with Crippen LogP contribution < -0.4 is 27.0 Å². The summed E-state index contributed by atoms with van der Waals surface area (Å²) in [6, 6.07) is 0. The fourth-order valence-corrected chi connectivity index (χ4v) is 0. The van der Waals surface area contributed by atoms with Crippen LogP contribution in [0.25, 0.3) is 0 Å². The van der Waals surface area contributed by atoms with Crippen LogP contribution in [-0.4, -0.2) is 69.3 Å². The van der Waals surface area contributed by atoms with Crippen molar-refractivity contribution in [1.82, 2.24) is 21.3 Å². The van der Waals surface area contributed by atoms with Gasteiger partial charge in [0, 0.05) is 0 Å². The first-order chi connectivity index (χ1) is 7.66. The molecule has 0 saturated carbocycles. The van der Waals surface area contributed by atoms with Crippen molar-refractivity contribution in [2.24, 2.45) is 5.73 Å². The Kier molecular flexibility index (Phi) is 717. The Hall–Kier alpha value is 0.280. The Morgan fingerprint density at radius 1 is 0.500 bits per heavy atom. The second-order valence-corrected chi connectivity index (χ2v) is 2.00. The number of nitrogens with one attached hydrogen (secondary N) is 4. The molecule has 0 spiro atoms. The van der Waals surface area contributed by atoms with Gasteiger partial charge in [-0.1, -0.05) is 30.8 Å². The summed E-state index contributed by atoms with van der Waals surface area (Å²) in [5.41, 5.74) is 4.50. The van der Waals surface area contributed by atoms with Gasteiger partial charge in [-0.3, -0.25) is 0 Å². The van der Waals surface area contributed by atoms with Gasteiger partial charge < -0.3 is 27.0 Å². The Morgan fingerprint density at radius 2 is 0.500 bits per heavy atom. The standard InChI is InChI=1S/4C2H7N.CH3Br.CH5N.2CH4/c4*1-3-2;2*1-2;;/h4*3H,1-2H3;1H3;2H2,1H3;2*1H4. The van der Waals surface area contributed by atoms with Gasteiger partial charge >= 0.3 is 0 Å². The molecule has 0 aromatic heterocycles. The average Bonchev–Trinajstić information content (AvgIpc) is 2.27. The lowest BCUT2D eigenvalue weighted by Crippen LogP contribution is -1.89. The van der Waals surface area contributed by atoms with Crippen LogP contribution in [0.3, 0.4) is 0 Å². The molecular formula is C12H44BrN5. The summed E-state index contributed by atoms with van der Waals surface area (Å²) >= 11 is 2.94. The van der Waals surface area contributed by atoms with E-state index >= 15 is 0 Å². The van der Waals surface area contributed by atoms with Gasteiger partial charge in [0.1, 0.15) is 0 Å². The molecule has 0 aliphatic heterocycles. The van der Waals surface area contributed by atoms with Crippen molar-refractivity contribution in [1.29, 1.82) is 0 Å². The third kappa shape index (κ3) is 48500. The highest BCUT2D eigenvalue weighted by atomic mass is 79.9. The molecule has 0 saturated heterocycles. The highest BCUT2D eigenvalue weighted by Gasteiger charge is 1.26. The number of rotatable bonds is 0. The highest BCUT2D eigenvalue weighted by molar-refractivity contribution is 9.08. The number of alkyl halides is 1. The summed E-state index contributed by atoms with van der Waals surface area (Å²) in [4.78, 5) is 0. The van der Waals surface area contributed by atoms with Gasteiger partial charge in [0.15, 0.2) is 0 Å². The van der Waals surface area contributed by atoms with Crippen LogP contribution >= 0.6 is 15.9 Å². The van der Waals surface area contributed by atoms with Crippen LogP contribution in [0.2, 0.25) is 0 Å². The Morgan fingerprint density at radius 3 is 0.500 bits per heavy atom. The summed E-state index contributed by atoms with van der Waals surface area (Å²) in [7, 11) is 16.5. The second kappa shape index (κ2) is 250. The maximum atomic E-state index is 4.50. The van der Waals surface area contributed by atoms with E-state index < -0.39 is 0 Å².